The van der Waals surface area contributed by atoms with Crippen molar-refractivity contribution >= 4 is 12.0 Å². The maximum Gasteiger partial charge on any atom is 0.407 e. The van der Waals surface area contributed by atoms with Crippen LogP contribution in [0.3, 0.4) is 0 Å². The van der Waals surface area contributed by atoms with E-state index in [2.05, 4.69) is 15.4 Å². The van der Waals surface area contributed by atoms with Crippen LogP contribution in [0.5, 0.6) is 0 Å². The lowest BCUT2D eigenvalue weighted by atomic mass is 10.3. The number of rotatable bonds is 3. The molecule has 0 aromatic rings. The van der Waals surface area contributed by atoms with Gasteiger partial charge in [0.1, 0.15) is 6.04 Å². The molecule has 5 heteroatoms. The first kappa shape index (κ1) is 11.7. The van der Waals surface area contributed by atoms with Crippen LogP contribution in [-0.4, -0.2) is 31.2 Å². The van der Waals surface area contributed by atoms with Gasteiger partial charge in [-0.05, 0) is 20.8 Å². The van der Waals surface area contributed by atoms with E-state index in [-0.39, 0.29) is 11.9 Å². The molecule has 0 aliphatic heterocycles. The molecule has 0 aromatic heterocycles. The molecule has 0 saturated carbocycles. The third-order valence-electron chi connectivity index (χ3n) is 1.34. The number of hydrogen-bond acceptors (Lipinski definition) is 3. The number of alkyl carbamates (subject to hydrolysis) is 1. The monoisotopic (exact) mass is 188 g/mol. The van der Waals surface area contributed by atoms with Crippen molar-refractivity contribution in [3.05, 3.63) is 0 Å². The van der Waals surface area contributed by atoms with Crippen LogP contribution >= 0.6 is 0 Å². The highest BCUT2D eigenvalue weighted by atomic mass is 16.5. The molecule has 0 fully saturated rings. The SMILES string of the molecule is COC(=O)NC(C)C(=O)NC(C)C. The summed E-state index contributed by atoms with van der Waals surface area (Å²) in [5.74, 6) is -0.222. The van der Waals surface area contributed by atoms with Gasteiger partial charge in [-0.2, -0.15) is 0 Å². The maximum absolute atomic E-state index is 11.2. The third-order valence-corrected chi connectivity index (χ3v) is 1.34. The van der Waals surface area contributed by atoms with Crippen molar-refractivity contribution in [3.63, 3.8) is 0 Å². The summed E-state index contributed by atoms with van der Waals surface area (Å²) in [6.07, 6.45) is -0.605. The van der Waals surface area contributed by atoms with Crippen molar-refractivity contribution in [1.82, 2.24) is 10.6 Å². The second-order valence-electron chi connectivity index (χ2n) is 3.02. The summed E-state index contributed by atoms with van der Waals surface area (Å²) >= 11 is 0. The average molecular weight is 188 g/mol. The third kappa shape index (κ3) is 5.05. The van der Waals surface area contributed by atoms with Gasteiger partial charge < -0.3 is 15.4 Å². The van der Waals surface area contributed by atoms with Gasteiger partial charge in [-0.1, -0.05) is 0 Å². The van der Waals surface area contributed by atoms with E-state index < -0.39 is 12.1 Å². The standard InChI is InChI=1S/C8H16N2O3/c1-5(2)9-7(11)6(3)10-8(12)13-4/h5-6H,1-4H3,(H,9,11)(H,10,12). The zero-order valence-corrected chi connectivity index (χ0v) is 8.38. The number of nitrogens with one attached hydrogen (secondary N) is 2. The highest BCUT2D eigenvalue weighted by molar-refractivity contribution is 5.85. The lowest BCUT2D eigenvalue weighted by Gasteiger charge is -2.14. The predicted octanol–water partition coefficient (Wildman–Crippen LogP) is 0.255. The lowest BCUT2D eigenvalue weighted by Crippen LogP contribution is -2.46. The first-order chi connectivity index (χ1) is 5.97. The van der Waals surface area contributed by atoms with Gasteiger partial charge in [-0.25, -0.2) is 4.79 Å². The van der Waals surface area contributed by atoms with E-state index in [4.69, 9.17) is 0 Å². The van der Waals surface area contributed by atoms with Crippen LogP contribution in [0.15, 0.2) is 0 Å². The molecule has 0 aliphatic carbocycles. The average Bonchev–Trinajstić information content (AvgIpc) is 2.02. The van der Waals surface area contributed by atoms with Gasteiger partial charge >= 0.3 is 6.09 Å². The molecule has 0 aliphatic rings. The second-order valence-corrected chi connectivity index (χ2v) is 3.02. The Hall–Kier alpha value is -1.26. The quantitative estimate of drug-likeness (QED) is 0.667. The number of methoxy groups -OCH3 is 1. The highest BCUT2D eigenvalue weighted by Gasteiger charge is 2.15. The Labute approximate surface area is 77.8 Å². The lowest BCUT2D eigenvalue weighted by molar-refractivity contribution is -0.123. The van der Waals surface area contributed by atoms with Gasteiger partial charge in [0.25, 0.3) is 0 Å². The molecule has 2 N–H and O–H groups in total. The minimum absolute atomic E-state index is 0.0643. The molecule has 0 radical (unpaired) electrons. The summed E-state index contributed by atoms with van der Waals surface area (Å²) in [6.45, 7) is 5.29. The molecule has 2 amide bonds. The topological polar surface area (TPSA) is 67.4 Å². The van der Waals surface area contributed by atoms with Gasteiger partial charge in [0.05, 0.1) is 7.11 Å². The maximum atomic E-state index is 11.2. The second kappa shape index (κ2) is 5.40. The van der Waals surface area contributed by atoms with Gasteiger partial charge in [-0.15, -0.1) is 0 Å². The summed E-state index contributed by atoms with van der Waals surface area (Å²) in [5.41, 5.74) is 0. The molecule has 1 atom stereocenters. The highest BCUT2D eigenvalue weighted by Crippen LogP contribution is 1.86. The normalized spacial score (nSPS) is 12.1. The molecule has 0 saturated heterocycles. The largest absolute Gasteiger partial charge is 0.453 e. The Balaban J connectivity index is 3.89. The van der Waals surface area contributed by atoms with Crippen LogP contribution in [0, 0.1) is 0 Å². The van der Waals surface area contributed by atoms with E-state index >= 15 is 0 Å². The Bertz CT molecular complexity index is 192. The van der Waals surface area contributed by atoms with Crippen LogP contribution < -0.4 is 10.6 Å². The van der Waals surface area contributed by atoms with Crippen LogP contribution in [0.1, 0.15) is 20.8 Å². The fourth-order valence-electron chi connectivity index (χ4n) is 0.711. The minimum Gasteiger partial charge on any atom is -0.453 e. The van der Waals surface area contributed by atoms with Crippen LogP contribution in [0.25, 0.3) is 0 Å². The molecule has 76 valence electrons. The van der Waals surface area contributed by atoms with Crippen LogP contribution in [-0.2, 0) is 9.53 Å². The summed E-state index contributed by atoms with van der Waals surface area (Å²) < 4.78 is 4.35. The number of carbonyl (C=O) groups is 2. The van der Waals surface area contributed by atoms with Crippen molar-refractivity contribution in [3.8, 4) is 0 Å². The van der Waals surface area contributed by atoms with E-state index in [1.807, 2.05) is 13.8 Å². The van der Waals surface area contributed by atoms with E-state index in [1.54, 1.807) is 6.92 Å². The molecule has 5 nitrogen and oxygen atoms in total. The van der Waals surface area contributed by atoms with Crippen molar-refractivity contribution in [2.24, 2.45) is 0 Å². The van der Waals surface area contributed by atoms with Gasteiger partial charge in [0.2, 0.25) is 5.91 Å². The van der Waals surface area contributed by atoms with Crippen LogP contribution in [0.4, 0.5) is 4.79 Å². The molecule has 0 aromatic carbocycles. The first-order valence-electron chi connectivity index (χ1n) is 4.12. The fourth-order valence-corrected chi connectivity index (χ4v) is 0.711. The summed E-state index contributed by atoms with van der Waals surface area (Å²) in [6, 6.07) is -0.510. The molecular formula is C8H16N2O3. The van der Waals surface area contributed by atoms with E-state index in [1.165, 1.54) is 7.11 Å². The zero-order valence-electron chi connectivity index (χ0n) is 8.38. The Morgan fingerprint density at radius 1 is 1.15 bits per heavy atom. The Morgan fingerprint density at radius 2 is 1.69 bits per heavy atom. The van der Waals surface area contributed by atoms with Gasteiger partial charge in [0.15, 0.2) is 0 Å². The number of ether oxygens (including phenoxy) is 1. The smallest absolute Gasteiger partial charge is 0.407 e. The number of amides is 2. The Kier molecular flexibility index (Phi) is 4.87. The number of carbonyl (C=O) groups excluding carboxylic acids is 2. The summed E-state index contributed by atoms with van der Waals surface area (Å²) in [7, 11) is 1.25. The van der Waals surface area contributed by atoms with Crippen molar-refractivity contribution < 1.29 is 14.3 Å². The predicted molar refractivity (Wildman–Crippen MR) is 48.3 cm³/mol. The molecular weight excluding hydrogens is 172 g/mol. The molecule has 0 heterocycles. The van der Waals surface area contributed by atoms with Crippen molar-refractivity contribution in [2.45, 2.75) is 32.9 Å². The molecule has 13 heavy (non-hydrogen) atoms. The van der Waals surface area contributed by atoms with E-state index in [0.717, 1.165) is 0 Å². The molecule has 0 bridgehead atoms. The van der Waals surface area contributed by atoms with Crippen LogP contribution in [0.2, 0.25) is 0 Å². The van der Waals surface area contributed by atoms with E-state index in [9.17, 15) is 9.59 Å². The molecule has 0 spiro atoms. The summed E-state index contributed by atoms with van der Waals surface area (Å²) in [4.78, 5) is 21.9. The van der Waals surface area contributed by atoms with Gasteiger partial charge in [-0.3, -0.25) is 4.79 Å². The van der Waals surface area contributed by atoms with E-state index in [0.29, 0.717) is 0 Å². The van der Waals surface area contributed by atoms with Gasteiger partial charge in [0, 0.05) is 6.04 Å². The number of hydrogen-bond donors (Lipinski definition) is 2. The first-order valence-corrected chi connectivity index (χ1v) is 4.12. The molecule has 0 rings (SSSR count). The molecule has 1 unspecified atom stereocenters. The summed E-state index contributed by atoms with van der Waals surface area (Å²) in [5, 5.41) is 5.02. The van der Waals surface area contributed by atoms with Crippen molar-refractivity contribution in [1.29, 1.82) is 0 Å². The zero-order chi connectivity index (χ0) is 10.4. The fraction of sp³-hybridized carbons (Fsp3) is 0.750. The Morgan fingerprint density at radius 3 is 2.08 bits per heavy atom. The minimum atomic E-state index is -0.605. The van der Waals surface area contributed by atoms with Crippen molar-refractivity contribution in [2.75, 3.05) is 7.11 Å².